The molecule has 0 spiro atoms. The Hall–Kier alpha value is 0.200. The molecular formula is C13H22Cl2N2S. The number of hydrogen-bond donors (Lipinski definition) is 1. The lowest BCUT2D eigenvalue weighted by atomic mass is 10.0. The fourth-order valence-electron chi connectivity index (χ4n) is 3.15. The van der Waals surface area contributed by atoms with E-state index in [9.17, 15) is 0 Å². The van der Waals surface area contributed by atoms with E-state index in [2.05, 4.69) is 27.7 Å². The Bertz CT molecular complexity index is 326. The summed E-state index contributed by atoms with van der Waals surface area (Å²) in [4.78, 5) is 4.35. The lowest BCUT2D eigenvalue weighted by molar-refractivity contribution is 0.150. The van der Waals surface area contributed by atoms with Gasteiger partial charge in [-0.25, -0.2) is 0 Å². The second-order valence-electron chi connectivity index (χ2n) is 4.89. The van der Waals surface area contributed by atoms with Gasteiger partial charge in [0.1, 0.15) is 0 Å². The average molecular weight is 309 g/mol. The van der Waals surface area contributed by atoms with Gasteiger partial charge in [0.15, 0.2) is 0 Å². The van der Waals surface area contributed by atoms with E-state index in [1.807, 2.05) is 11.3 Å². The van der Waals surface area contributed by atoms with Gasteiger partial charge in [0.05, 0.1) is 0 Å². The van der Waals surface area contributed by atoms with Crippen LogP contribution in [-0.4, -0.2) is 30.6 Å². The summed E-state index contributed by atoms with van der Waals surface area (Å²) in [6.45, 7) is 3.73. The number of piperidine rings is 1. The van der Waals surface area contributed by atoms with Gasteiger partial charge in [0.2, 0.25) is 0 Å². The molecule has 2 nitrogen and oxygen atoms in total. The van der Waals surface area contributed by atoms with Crippen LogP contribution in [0.3, 0.4) is 0 Å². The molecule has 1 aromatic heterocycles. The number of halogens is 2. The Morgan fingerprint density at radius 1 is 1.17 bits per heavy atom. The molecule has 3 heterocycles. The lowest BCUT2D eigenvalue weighted by Crippen LogP contribution is -2.42. The zero-order valence-electron chi connectivity index (χ0n) is 10.5. The molecule has 0 amide bonds. The molecule has 2 aliphatic heterocycles. The Labute approximate surface area is 126 Å². The molecule has 0 unspecified atom stereocenters. The number of likely N-dealkylation sites (tertiary alicyclic amines) is 1. The van der Waals surface area contributed by atoms with Crippen LogP contribution in [0.1, 0.15) is 36.6 Å². The van der Waals surface area contributed by atoms with Crippen molar-refractivity contribution in [3.8, 4) is 0 Å². The molecule has 3 rings (SSSR count). The van der Waals surface area contributed by atoms with Gasteiger partial charge in [0.25, 0.3) is 0 Å². The minimum absolute atomic E-state index is 0. The fraction of sp³-hybridized carbons (Fsp3) is 0.692. The van der Waals surface area contributed by atoms with E-state index in [-0.39, 0.29) is 24.8 Å². The monoisotopic (exact) mass is 308 g/mol. The first kappa shape index (κ1) is 16.3. The van der Waals surface area contributed by atoms with Crippen LogP contribution in [-0.2, 0) is 0 Å². The third kappa shape index (κ3) is 3.40. The summed E-state index contributed by atoms with van der Waals surface area (Å²) in [5, 5.41) is 5.68. The SMILES string of the molecule is Cl.Cl.c1csc([C@H]2CCCN2C2CCNCC2)c1. The average Bonchev–Trinajstić information content (AvgIpc) is 3.01. The molecule has 1 N–H and O–H groups in total. The number of hydrogen-bond acceptors (Lipinski definition) is 3. The van der Waals surface area contributed by atoms with Crippen LogP contribution >= 0.6 is 36.2 Å². The zero-order chi connectivity index (χ0) is 10.8. The summed E-state index contributed by atoms with van der Waals surface area (Å²) in [5.74, 6) is 0. The number of nitrogens with one attached hydrogen (secondary N) is 1. The maximum atomic E-state index is 3.46. The van der Waals surface area contributed by atoms with Crippen LogP contribution < -0.4 is 5.32 Å². The number of nitrogens with zero attached hydrogens (tertiary/aromatic N) is 1. The van der Waals surface area contributed by atoms with Gasteiger partial charge in [-0.3, -0.25) is 4.90 Å². The van der Waals surface area contributed by atoms with Crippen molar-refractivity contribution < 1.29 is 0 Å². The Morgan fingerprint density at radius 2 is 1.94 bits per heavy atom. The van der Waals surface area contributed by atoms with Gasteiger partial charge in [-0.2, -0.15) is 0 Å². The highest BCUT2D eigenvalue weighted by atomic mass is 35.5. The second kappa shape index (κ2) is 7.71. The summed E-state index contributed by atoms with van der Waals surface area (Å²) >= 11 is 1.93. The highest BCUT2D eigenvalue weighted by Gasteiger charge is 2.32. The third-order valence-electron chi connectivity index (χ3n) is 3.94. The first-order valence-electron chi connectivity index (χ1n) is 6.45. The molecule has 1 aromatic rings. The summed E-state index contributed by atoms with van der Waals surface area (Å²) < 4.78 is 0. The van der Waals surface area contributed by atoms with Crippen LogP contribution in [0.5, 0.6) is 0 Å². The highest BCUT2D eigenvalue weighted by molar-refractivity contribution is 7.10. The van der Waals surface area contributed by atoms with Crippen LogP contribution in [0.25, 0.3) is 0 Å². The summed E-state index contributed by atoms with van der Waals surface area (Å²) in [6, 6.07) is 6.06. The summed E-state index contributed by atoms with van der Waals surface area (Å²) in [6.07, 6.45) is 5.42. The van der Waals surface area contributed by atoms with Gasteiger partial charge >= 0.3 is 0 Å². The van der Waals surface area contributed by atoms with E-state index in [4.69, 9.17) is 0 Å². The Morgan fingerprint density at radius 3 is 2.61 bits per heavy atom. The Kier molecular flexibility index (Phi) is 6.96. The minimum Gasteiger partial charge on any atom is -0.317 e. The predicted molar refractivity (Wildman–Crippen MR) is 83.4 cm³/mol. The third-order valence-corrected chi connectivity index (χ3v) is 4.92. The van der Waals surface area contributed by atoms with Crippen molar-refractivity contribution in [3.05, 3.63) is 22.4 Å². The first-order chi connectivity index (χ1) is 7.95. The van der Waals surface area contributed by atoms with E-state index in [0.717, 1.165) is 12.1 Å². The van der Waals surface area contributed by atoms with Crippen molar-refractivity contribution in [1.29, 1.82) is 0 Å². The van der Waals surface area contributed by atoms with Crippen molar-refractivity contribution in [2.24, 2.45) is 0 Å². The summed E-state index contributed by atoms with van der Waals surface area (Å²) in [7, 11) is 0. The van der Waals surface area contributed by atoms with Crippen LogP contribution in [0.2, 0.25) is 0 Å². The van der Waals surface area contributed by atoms with Crippen molar-refractivity contribution >= 4 is 36.2 Å². The molecule has 2 fully saturated rings. The van der Waals surface area contributed by atoms with Crippen LogP contribution in [0.15, 0.2) is 17.5 Å². The topological polar surface area (TPSA) is 15.3 Å². The number of thiophene rings is 1. The van der Waals surface area contributed by atoms with Gasteiger partial charge < -0.3 is 5.32 Å². The molecule has 2 aliphatic rings. The normalized spacial score (nSPS) is 25.4. The largest absolute Gasteiger partial charge is 0.317 e. The maximum absolute atomic E-state index is 3.46. The quantitative estimate of drug-likeness (QED) is 0.900. The van der Waals surface area contributed by atoms with Crippen molar-refractivity contribution in [2.45, 2.75) is 37.8 Å². The lowest BCUT2D eigenvalue weighted by Gasteiger charge is -2.35. The van der Waals surface area contributed by atoms with Gasteiger partial charge in [-0.1, -0.05) is 6.07 Å². The molecule has 5 heteroatoms. The van der Waals surface area contributed by atoms with Crippen LogP contribution in [0, 0.1) is 0 Å². The molecule has 1 atom stereocenters. The summed E-state index contributed by atoms with van der Waals surface area (Å²) in [5.41, 5.74) is 0. The van der Waals surface area contributed by atoms with Crippen molar-refractivity contribution in [3.63, 3.8) is 0 Å². The molecule has 0 radical (unpaired) electrons. The van der Waals surface area contributed by atoms with E-state index in [1.54, 1.807) is 4.88 Å². The van der Waals surface area contributed by atoms with E-state index in [0.29, 0.717) is 0 Å². The van der Waals surface area contributed by atoms with E-state index in [1.165, 1.54) is 45.3 Å². The molecular weight excluding hydrogens is 287 g/mol. The standard InChI is InChI=1S/C13H20N2S.2ClH/c1-3-12(13-4-2-10-16-13)15(9-1)11-5-7-14-8-6-11;;/h2,4,10-12,14H,1,3,5-9H2;2*1H/t12-;;/m1../s1. The van der Waals surface area contributed by atoms with E-state index < -0.39 is 0 Å². The Balaban J connectivity index is 0.000000810. The smallest absolute Gasteiger partial charge is 0.0444 e. The minimum atomic E-state index is 0. The van der Waals surface area contributed by atoms with E-state index >= 15 is 0 Å². The zero-order valence-corrected chi connectivity index (χ0v) is 13.0. The molecule has 0 aliphatic carbocycles. The molecule has 2 saturated heterocycles. The van der Waals surface area contributed by atoms with Gasteiger partial charge in [-0.15, -0.1) is 36.2 Å². The van der Waals surface area contributed by atoms with Crippen molar-refractivity contribution in [2.75, 3.05) is 19.6 Å². The van der Waals surface area contributed by atoms with Crippen molar-refractivity contribution in [1.82, 2.24) is 10.2 Å². The first-order valence-corrected chi connectivity index (χ1v) is 7.33. The highest BCUT2D eigenvalue weighted by Crippen LogP contribution is 2.37. The molecule has 0 aromatic carbocycles. The molecule has 18 heavy (non-hydrogen) atoms. The molecule has 0 saturated carbocycles. The van der Waals surface area contributed by atoms with Crippen LogP contribution in [0.4, 0.5) is 0 Å². The number of rotatable bonds is 2. The van der Waals surface area contributed by atoms with Gasteiger partial charge in [0, 0.05) is 17.0 Å². The molecule has 0 bridgehead atoms. The predicted octanol–water partition coefficient (Wildman–Crippen LogP) is 3.48. The maximum Gasteiger partial charge on any atom is 0.0444 e. The second-order valence-corrected chi connectivity index (χ2v) is 5.87. The fourth-order valence-corrected chi connectivity index (χ4v) is 4.03. The molecule has 104 valence electrons. The van der Waals surface area contributed by atoms with Gasteiger partial charge in [-0.05, 0) is 56.8 Å².